The van der Waals surface area contributed by atoms with Crippen LogP contribution in [0.5, 0.6) is 0 Å². The summed E-state index contributed by atoms with van der Waals surface area (Å²) in [6, 6.07) is 86.0. The average Bonchev–Trinajstić information content (AvgIpc) is 3.37. The standard InChI is InChI=1S/C61H51NSi2/c1-46-24-21-25-47(2)61(46)50-44-59(48-26-22-40-57(42-48)63(51-28-9-3-10-29-51,52-30-11-4-12-31-52)53-32-13-5-14-33-53)62-60(45-50)49-27-23-41-58(43-49)64(54-34-15-6-16-35-54,55-36-17-7-18-37-55)56-38-19-8-20-39-56/h3-7,9-19,21-45H,8,20H2,1-2H3. The molecule has 64 heavy (non-hydrogen) atoms. The van der Waals surface area contributed by atoms with Crippen LogP contribution in [-0.2, 0) is 0 Å². The number of nitrogens with zero attached hydrogens (tertiary/aromatic N) is 1. The normalized spacial score (nSPS) is 12.8. The fourth-order valence-corrected chi connectivity index (χ4v) is 20.1. The van der Waals surface area contributed by atoms with Crippen LogP contribution in [0.1, 0.15) is 24.0 Å². The zero-order valence-corrected chi connectivity index (χ0v) is 38.5. The first kappa shape index (κ1) is 40.9. The lowest BCUT2D eigenvalue weighted by molar-refractivity contribution is 1.03. The number of rotatable bonds is 11. The van der Waals surface area contributed by atoms with Gasteiger partial charge in [0, 0.05) is 11.1 Å². The highest BCUT2D eigenvalue weighted by Gasteiger charge is 2.43. The van der Waals surface area contributed by atoms with Crippen molar-refractivity contribution in [1.82, 2.24) is 4.98 Å². The van der Waals surface area contributed by atoms with E-state index in [1.807, 2.05) is 0 Å². The Morgan fingerprint density at radius 2 is 0.719 bits per heavy atom. The highest BCUT2D eigenvalue weighted by Crippen LogP contribution is 2.34. The molecule has 0 N–H and O–H groups in total. The molecule has 8 aromatic carbocycles. The first-order chi connectivity index (χ1) is 31.6. The van der Waals surface area contributed by atoms with Gasteiger partial charge in [0.2, 0.25) is 0 Å². The molecule has 0 unspecified atom stereocenters. The third-order valence-corrected chi connectivity index (χ3v) is 22.8. The molecule has 0 bridgehead atoms. The van der Waals surface area contributed by atoms with E-state index in [-0.39, 0.29) is 0 Å². The van der Waals surface area contributed by atoms with Gasteiger partial charge in [-0.3, -0.25) is 0 Å². The van der Waals surface area contributed by atoms with Gasteiger partial charge in [0.15, 0.2) is 16.1 Å². The first-order valence-electron chi connectivity index (χ1n) is 22.5. The summed E-state index contributed by atoms with van der Waals surface area (Å²) in [6.07, 6.45) is 9.41. The van der Waals surface area contributed by atoms with E-state index >= 15 is 0 Å². The maximum absolute atomic E-state index is 5.68. The van der Waals surface area contributed by atoms with Gasteiger partial charge in [0.1, 0.15) is 0 Å². The number of aryl methyl sites for hydroxylation is 2. The molecule has 0 aliphatic heterocycles. The van der Waals surface area contributed by atoms with E-state index in [1.54, 1.807) is 0 Å². The molecule has 1 aromatic heterocycles. The van der Waals surface area contributed by atoms with Crippen molar-refractivity contribution in [3.8, 4) is 33.6 Å². The molecule has 0 saturated carbocycles. The highest BCUT2D eigenvalue weighted by molar-refractivity contribution is 7.20. The Morgan fingerprint density at radius 3 is 1.12 bits per heavy atom. The molecule has 0 fully saturated rings. The smallest absolute Gasteiger partial charge is 0.179 e. The van der Waals surface area contributed by atoms with Gasteiger partial charge in [-0.15, -0.1) is 0 Å². The highest BCUT2D eigenvalue weighted by atomic mass is 28.3. The number of allylic oxidation sites excluding steroid dienone is 4. The van der Waals surface area contributed by atoms with Crippen LogP contribution in [0, 0.1) is 13.8 Å². The summed E-state index contributed by atoms with van der Waals surface area (Å²) in [5.41, 5.74) is 9.11. The van der Waals surface area contributed by atoms with Crippen LogP contribution in [0.25, 0.3) is 33.6 Å². The molecule has 308 valence electrons. The van der Waals surface area contributed by atoms with Gasteiger partial charge in [0.05, 0.1) is 11.4 Å². The lowest BCUT2D eigenvalue weighted by Crippen LogP contribution is -2.74. The number of aromatic nitrogens is 1. The third kappa shape index (κ3) is 7.37. The fourth-order valence-electron chi connectivity index (χ4n) is 10.4. The number of pyridine rings is 1. The molecule has 0 saturated heterocycles. The molecule has 3 heteroatoms. The van der Waals surface area contributed by atoms with Crippen molar-refractivity contribution in [2.24, 2.45) is 0 Å². The molecule has 0 spiro atoms. The summed E-state index contributed by atoms with van der Waals surface area (Å²) in [5, 5.41) is 10.9. The van der Waals surface area contributed by atoms with Crippen molar-refractivity contribution < 1.29 is 0 Å². The van der Waals surface area contributed by atoms with Crippen LogP contribution in [-0.4, -0.2) is 21.1 Å². The lowest BCUT2D eigenvalue weighted by Gasteiger charge is -2.36. The Morgan fingerprint density at radius 1 is 0.344 bits per heavy atom. The Kier molecular flexibility index (Phi) is 11.4. The summed E-state index contributed by atoms with van der Waals surface area (Å²) in [7, 11) is -5.52. The SMILES string of the molecule is Cc1cccc(C)c1-c1cc(-c2cccc([Si](C3=CCCC=C3)(c3ccccc3)c3ccccc3)c2)nc(-c2cccc([Si](c3ccccc3)(c3ccccc3)c3ccccc3)c2)c1. The molecule has 0 atom stereocenters. The van der Waals surface area contributed by atoms with Crippen LogP contribution in [0.15, 0.2) is 254 Å². The van der Waals surface area contributed by atoms with E-state index in [9.17, 15) is 0 Å². The number of hydrogen-bond acceptors (Lipinski definition) is 1. The summed E-state index contributed by atoms with van der Waals surface area (Å²) >= 11 is 0. The predicted molar refractivity (Wildman–Crippen MR) is 278 cm³/mol. The van der Waals surface area contributed by atoms with Crippen molar-refractivity contribution in [3.63, 3.8) is 0 Å². The second kappa shape index (κ2) is 17.9. The maximum atomic E-state index is 5.68. The van der Waals surface area contributed by atoms with Gasteiger partial charge >= 0.3 is 0 Å². The molecule has 1 aliphatic rings. The Labute approximate surface area is 380 Å². The van der Waals surface area contributed by atoms with Crippen LogP contribution >= 0.6 is 0 Å². The lowest BCUT2D eigenvalue weighted by atomic mass is 9.93. The number of benzene rings is 8. The van der Waals surface area contributed by atoms with Gasteiger partial charge in [-0.2, -0.15) is 0 Å². The van der Waals surface area contributed by atoms with Crippen LogP contribution in [0.3, 0.4) is 0 Å². The van der Waals surface area contributed by atoms with Crippen molar-refractivity contribution in [3.05, 3.63) is 265 Å². The minimum absolute atomic E-state index is 0.965. The first-order valence-corrected chi connectivity index (χ1v) is 26.5. The van der Waals surface area contributed by atoms with Crippen molar-refractivity contribution in [1.29, 1.82) is 0 Å². The molecular weight excluding hydrogens is 803 g/mol. The molecule has 10 rings (SSSR count). The van der Waals surface area contributed by atoms with Gasteiger partial charge < -0.3 is 0 Å². The fraction of sp³-hybridized carbons (Fsp3) is 0.0656. The van der Waals surface area contributed by atoms with E-state index in [1.165, 1.54) is 63.8 Å². The Bertz CT molecular complexity index is 2950. The van der Waals surface area contributed by atoms with Crippen molar-refractivity contribution >= 4 is 52.5 Å². The second-order valence-electron chi connectivity index (χ2n) is 17.0. The predicted octanol–water partition coefficient (Wildman–Crippen LogP) is 10.4. The molecule has 0 amide bonds. The van der Waals surface area contributed by atoms with Crippen molar-refractivity contribution in [2.75, 3.05) is 0 Å². The molecule has 1 aliphatic carbocycles. The molecule has 0 radical (unpaired) electrons. The van der Waals surface area contributed by atoms with E-state index in [0.717, 1.165) is 35.4 Å². The molecule has 9 aromatic rings. The summed E-state index contributed by atoms with van der Waals surface area (Å²) in [6.45, 7) is 4.46. The van der Waals surface area contributed by atoms with E-state index < -0.39 is 16.1 Å². The summed E-state index contributed by atoms with van der Waals surface area (Å²) in [4.78, 5) is 5.68. The second-order valence-corrected chi connectivity index (χ2v) is 24.6. The molecule has 1 heterocycles. The Hall–Kier alpha value is -7.18. The van der Waals surface area contributed by atoms with Gasteiger partial charge in [-0.25, -0.2) is 4.98 Å². The minimum atomic E-state index is -2.78. The largest absolute Gasteiger partial charge is 0.248 e. The Balaban J connectivity index is 1.21. The van der Waals surface area contributed by atoms with E-state index in [4.69, 9.17) is 4.98 Å². The average molecular weight is 854 g/mol. The van der Waals surface area contributed by atoms with Crippen LogP contribution in [0.2, 0.25) is 0 Å². The molecule has 1 nitrogen and oxygen atoms in total. The van der Waals surface area contributed by atoms with Gasteiger partial charge in [-0.05, 0) is 103 Å². The maximum Gasteiger partial charge on any atom is 0.179 e. The molecular formula is C61H51NSi2. The van der Waals surface area contributed by atoms with E-state index in [0.29, 0.717) is 0 Å². The van der Waals surface area contributed by atoms with E-state index in [2.05, 4.69) is 263 Å². The number of hydrogen-bond donors (Lipinski definition) is 0. The minimum Gasteiger partial charge on any atom is -0.248 e. The monoisotopic (exact) mass is 853 g/mol. The van der Waals surface area contributed by atoms with Crippen LogP contribution < -0.4 is 36.3 Å². The van der Waals surface area contributed by atoms with Gasteiger partial charge in [0.25, 0.3) is 0 Å². The zero-order chi connectivity index (χ0) is 43.4. The summed E-state index contributed by atoms with van der Waals surface area (Å²) in [5.74, 6) is 0. The van der Waals surface area contributed by atoms with Gasteiger partial charge in [-0.1, -0.05) is 237 Å². The quantitative estimate of drug-likeness (QED) is 0.0933. The van der Waals surface area contributed by atoms with Crippen LogP contribution in [0.4, 0.5) is 0 Å². The zero-order valence-electron chi connectivity index (χ0n) is 36.5. The van der Waals surface area contributed by atoms with Crippen molar-refractivity contribution in [2.45, 2.75) is 26.7 Å². The topological polar surface area (TPSA) is 12.9 Å². The summed E-state index contributed by atoms with van der Waals surface area (Å²) < 4.78 is 0. The third-order valence-electron chi connectivity index (χ3n) is 13.2.